The first-order valence-corrected chi connectivity index (χ1v) is 11.2. The number of nitrogens with two attached hydrogens (primary N) is 2. The van der Waals surface area contributed by atoms with E-state index in [1.807, 2.05) is 0 Å². The first-order chi connectivity index (χ1) is 14.8. The summed E-state index contributed by atoms with van der Waals surface area (Å²) < 4.78 is 22.2. The molecule has 10 atom stereocenters. The lowest BCUT2D eigenvalue weighted by atomic mass is 9.97. The van der Waals surface area contributed by atoms with Crippen LogP contribution in [0.1, 0.15) is 45.4 Å². The molecule has 0 bridgehead atoms. The lowest BCUT2D eigenvalue weighted by molar-refractivity contribution is -0.317. The van der Waals surface area contributed by atoms with Gasteiger partial charge < -0.3 is 55.9 Å². The van der Waals surface area contributed by atoms with Crippen LogP contribution in [0.15, 0.2) is 0 Å². The number of hydrogen-bond donors (Lipinski definition) is 7. The SMILES string of the molecule is CCCCCCCCO[C@H]1O[C@H](CO[C@H]2O[C@H](CN)[C@@H](O)[C@H](O)[C@@H]2N)[C@@H](O)[C@H](O)[C@@H]1O. The smallest absolute Gasteiger partial charge is 0.186 e. The number of aliphatic hydroxyl groups is 5. The molecule has 9 N–H and O–H groups in total. The van der Waals surface area contributed by atoms with Crippen LogP contribution in [0.2, 0.25) is 0 Å². The molecule has 0 amide bonds. The van der Waals surface area contributed by atoms with E-state index in [-0.39, 0.29) is 13.2 Å². The highest BCUT2D eigenvalue weighted by molar-refractivity contribution is 4.93. The monoisotopic (exact) mass is 452 g/mol. The van der Waals surface area contributed by atoms with E-state index in [1.54, 1.807) is 0 Å². The van der Waals surface area contributed by atoms with Crippen molar-refractivity contribution in [2.24, 2.45) is 11.5 Å². The minimum Gasteiger partial charge on any atom is -0.388 e. The summed E-state index contributed by atoms with van der Waals surface area (Å²) in [6.45, 7) is 2.21. The highest BCUT2D eigenvalue weighted by Crippen LogP contribution is 2.25. The molecule has 2 heterocycles. The molecule has 2 saturated heterocycles. The van der Waals surface area contributed by atoms with E-state index in [0.717, 1.165) is 19.3 Å². The Morgan fingerprint density at radius 1 is 0.710 bits per heavy atom. The largest absolute Gasteiger partial charge is 0.388 e. The van der Waals surface area contributed by atoms with Gasteiger partial charge in [-0.25, -0.2) is 0 Å². The van der Waals surface area contributed by atoms with E-state index in [0.29, 0.717) is 6.61 Å². The summed E-state index contributed by atoms with van der Waals surface area (Å²) >= 11 is 0. The van der Waals surface area contributed by atoms with Gasteiger partial charge in [-0.1, -0.05) is 39.0 Å². The predicted molar refractivity (Wildman–Crippen MR) is 110 cm³/mol. The van der Waals surface area contributed by atoms with E-state index >= 15 is 0 Å². The zero-order valence-corrected chi connectivity index (χ0v) is 18.2. The zero-order chi connectivity index (χ0) is 23.0. The van der Waals surface area contributed by atoms with Gasteiger partial charge in [0.1, 0.15) is 42.7 Å². The van der Waals surface area contributed by atoms with Gasteiger partial charge >= 0.3 is 0 Å². The molecule has 11 nitrogen and oxygen atoms in total. The van der Waals surface area contributed by atoms with Crippen molar-refractivity contribution in [2.75, 3.05) is 19.8 Å². The van der Waals surface area contributed by atoms with Gasteiger partial charge in [-0.3, -0.25) is 0 Å². The topological polar surface area (TPSA) is 190 Å². The Labute approximate surface area is 183 Å². The molecular formula is C20H40N2O9. The molecule has 11 heteroatoms. The molecule has 184 valence electrons. The van der Waals surface area contributed by atoms with Gasteiger partial charge in [0.05, 0.1) is 12.6 Å². The molecular weight excluding hydrogens is 412 g/mol. The maximum Gasteiger partial charge on any atom is 0.186 e. The van der Waals surface area contributed by atoms with Gasteiger partial charge in [0.2, 0.25) is 0 Å². The van der Waals surface area contributed by atoms with Gasteiger partial charge in [-0.05, 0) is 6.42 Å². The fraction of sp³-hybridized carbons (Fsp3) is 1.00. The van der Waals surface area contributed by atoms with Crippen molar-refractivity contribution in [1.82, 2.24) is 0 Å². The van der Waals surface area contributed by atoms with E-state index < -0.39 is 61.3 Å². The van der Waals surface area contributed by atoms with Crippen LogP contribution in [0.5, 0.6) is 0 Å². The Bertz CT molecular complexity index is 501. The summed E-state index contributed by atoms with van der Waals surface area (Å²) in [6.07, 6.45) is -4.53. The molecule has 2 aliphatic rings. The lowest BCUT2D eigenvalue weighted by Gasteiger charge is -2.43. The fourth-order valence-corrected chi connectivity index (χ4v) is 3.76. The van der Waals surface area contributed by atoms with Crippen LogP contribution in [-0.2, 0) is 18.9 Å². The van der Waals surface area contributed by atoms with Crippen LogP contribution in [-0.4, -0.2) is 107 Å². The Hall–Kier alpha value is -0.440. The molecule has 0 aromatic rings. The molecule has 0 aromatic heterocycles. The van der Waals surface area contributed by atoms with Crippen LogP contribution < -0.4 is 11.5 Å². The minimum atomic E-state index is -1.48. The highest BCUT2D eigenvalue weighted by atomic mass is 16.7. The summed E-state index contributed by atoms with van der Waals surface area (Å²) in [4.78, 5) is 0. The number of unbranched alkanes of at least 4 members (excludes halogenated alkanes) is 5. The van der Waals surface area contributed by atoms with E-state index in [2.05, 4.69) is 6.92 Å². The van der Waals surface area contributed by atoms with Gasteiger partial charge in [-0.15, -0.1) is 0 Å². The Balaban J connectivity index is 1.83. The minimum absolute atomic E-state index is 0.0490. The van der Waals surface area contributed by atoms with Gasteiger partial charge in [0, 0.05) is 13.2 Å². The highest BCUT2D eigenvalue weighted by Gasteiger charge is 2.46. The Morgan fingerprint density at radius 3 is 2.00 bits per heavy atom. The average molecular weight is 453 g/mol. The van der Waals surface area contributed by atoms with Gasteiger partial charge in [-0.2, -0.15) is 0 Å². The van der Waals surface area contributed by atoms with Crippen molar-refractivity contribution in [3.8, 4) is 0 Å². The molecule has 0 aliphatic carbocycles. The number of aliphatic hydroxyl groups excluding tert-OH is 5. The molecule has 0 unspecified atom stereocenters. The molecule has 0 aromatic carbocycles. The number of hydrogen-bond acceptors (Lipinski definition) is 11. The lowest BCUT2D eigenvalue weighted by Crippen LogP contribution is -2.64. The standard InChI is InChI=1S/C20H40N2O9/c1-2-3-4-5-6-7-8-28-20-18(27)17(26)15(24)12(31-20)10-29-19-13(22)16(25)14(23)11(9-21)30-19/h11-20,23-27H,2-10,21-22H2,1H3/t11-,12-,13+,14-,15-,16-,17+,18+,19+,20+/m1/s1. The normalized spacial score (nSPS) is 41.4. The maximum atomic E-state index is 10.3. The van der Waals surface area contributed by atoms with E-state index in [9.17, 15) is 25.5 Å². The zero-order valence-electron chi connectivity index (χ0n) is 18.2. The second kappa shape index (κ2) is 13.3. The Morgan fingerprint density at radius 2 is 1.32 bits per heavy atom. The molecule has 2 aliphatic heterocycles. The fourth-order valence-electron chi connectivity index (χ4n) is 3.76. The van der Waals surface area contributed by atoms with Crippen molar-refractivity contribution in [3.05, 3.63) is 0 Å². The Kier molecular flexibility index (Phi) is 11.5. The third-order valence-corrected chi connectivity index (χ3v) is 5.85. The molecule has 2 rings (SSSR count). The van der Waals surface area contributed by atoms with Crippen LogP contribution in [0.3, 0.4) is 0 Å². The summed E-state index contributed by atoms with van der Waals surface area (Å²) in [5.74, 6) is 0. The van der Waals surface area contributed by atoms with E-state index in [4.69, 9.17) is 30.4 Å². The third kappa shape index (κ3) is 7.27. The maximum absolute atomic E-state index is 10.3. The third-order valence-electron chi connectivity index (χ3n) is 5.85. The van der Waals surface area contributed by atoms with E-state index in [1.165, 1.54) is 19.3 Å². The summed E-state index contributed by atoms with van der Waals surface area (Å²) in [6, 6.07) is -1.05. The van der Waals surface area contributed by atoms with Crippen molar-refractivity contribution in [3.63, 3.8) is 0 Å². The number of ether oxygens (including phenoxy) is 4. The van der Waals surface area contributed by atoms with Crippen LogP contribution in [0, 0.1) is 0 Å². The summed E-state index contributed by atoms with van der Waals surface area (Å²) in [7, 11) is 0. The second-order valence-corrected chi connectivity index (χ2v) is 8.32. The first kappa shape index (κ1) is 26.8. The molecule has 0 saturated carbocycles. The van der Waals surface area contributed by atoms with Crippen LogP contribution >= 0.6 is 0 Å². The average Bonchev–Trinajstić information content (AvgIpc) is 2.77. The summed E-state index contributed by atoms with van der Waals surface area (Å²) in [5.41, 5.74) is 11.4. The van der Waals surface area contributed by atoms with Crippen molar-refractivity contribution >= 4 is 0 Å². The molecule has 31 heavy (non-hydrogen) atoms. The molecule has 0 spiro atoms. The van der Waals surface area contributed by atoms with Gasteiger partial charge in [0.25, 0.3) is 0 Å². The second-order valence-electron chi connectivity index (χ2n) is 8.32. The van der Waals surface area contributed by atoms with Gasteiger partial charge in [0.15, 0.2) is 12.6 Å². The van der Waals surface area contributed by atoms with Crippen LogP contribution in [0.4, 0.5) is 0 Å². The van der Waals surface area contributed by atoms with Crippen LogP contribution in [0.25, 0.3) is 0 Å². The molecule has 0 radical (unpaired) electrons. The number of rotatable bonds is 12. The summed E-state index contributed by atoms with van der Waals surface area (Å²) in [5, 5.41) is 50.6. The first-order valence-electron chi connectivity index (χ1n) is 11.2. The predicted octanol–water partition coefficient (Wildman–Crippen LogP) is -2.08. The van der Waals surface area contributed by atoms with Crippen molar-refractivity contribution in [1.29, 1.82) is 0 Å². The van der Waals surface area contributed by atoms with Crippen molar-refractivity contribution < 1.29 is 44.5 Å². The van der Waals surface area contributed by atoms with Crippen molar-refractivity contribution in [2.45, 2.75) is 107 Å². The molecule has 2 fully saturated rings. The quantitative estimate of drug-likeness (QED) is 0.161.